The molecule has 96 valence electrons. The van der Waals surface area contributed by atoms with Gasteiger partial charge in [0.15, 0.2) is 0 Å². The summed E-state index contributed by atoms with van der Waals surface area (Å²) in [5, 5.41) is 3.16. The molecule has 0 saturated carbocycles. The largest absolute Gasteiger partial charge is 0.317 e. The molecule has 0 fully saturated rings. The Bertz CT molecular complexity index is 442. The lowest BCUT2D eigenvalue weighted by Crippen LogP contribution is -2.29. The highest BCUT2D eigenvalue weighted by Crippen LogP contribution is 2.13. The molecule has 0 aliphatic rings. The van der Waals surface area contributed by atoms with Crippen LogP contribution in [0.1, 0.15) is 12.0 Å². The molecule has 3 nitrogen and oxygen atoms in total. The molecular formula is C12H18BrNO2S. The third kappa shape index (κ3) is 6.19. The lowest BCUT2D eigenvalue weighted by Gasteiger charge is -2.15. The molecule has 1 unspecified atom stereocenters. The first-order valence-electron chi connectivity index (χ1n) is 5.50. The van der Waals surface area contributed by atoms with E-state index in [1.54, 1.807) is 0 Å². The molecule has 0 saturated heterocycles. The van der Waals surface area contributed by atoms with Gasteiger partial charge in [0.25, 0.3) is 0 Å². The Balaban J connectivity index is 2.55. The fourth-order valence-electron chi connectivity index (χ4n) is 1.61. The molecule has 17 heavy (non-hydrogen) atoms. The van der Waals surface area contributed by atoms with Gasteiger partial charge in [-0.1, -0.05) is 28.1 Å². The number of halogens is 1. The second kappa shape index (κ2) is 6.52. The van der Waals surface area contributed by atoms with Crippen molar-refractivity contribution in [3.05, 3.63) is 34.3 Å². The van der Waals surface area contributed by atoms with E-state index in [0.29, 0.717) is 6.42 Å². The highest BCUT2D eigenvalue weighted by molar-refractivity contribution is 9.10. The second-order valence-corrected chi connectivity index (χ2v) is 7.41. The van der Waals surface area contributed by atoms with Crippen LogP contribution in [0, 0.1) is 0 Å². The van der Waals surface area contributed by atoms with Crippen LogP contribution in [0.4, 0.5) is 0 Å². The first kappa shape index (κ1) is 14.7. The van der Waals surface area contributed by atoms with Crippen molar-refractivity contribution in [2.24, 2.45) is 0 Å². The molecule has 1 rings (SSSR count). The Morgan fingerprint density at radius 1 is 1.29 bits per heavy atom. The van der Waals surface area contributed by atoms with Gasteiger partial charge in [-0.05, 0) is 37.6 Å². The lowest BCUT2D eigenvalue weighted by atomic mass is 10.0. The molecular weight excluding hydrogens is 302 g/mol. The zero-order valence-electron chi connectivity index (χ0n) is 10.1. The van der Waals surface area contributed by atoms with Crippen LogP contribution < -0.4 is 5.32 Å². The van der Waals surface area contributed by atoms with E-state index >= 15 is 0 Å². The van der Waals surface area contributed by atoms with Gasteiger partial charge < -0.3 is 5.32 Å². The molecule has 1 atom stereocenters. The number of hydrogen-bond donors (Lipinski definition) is 1. The standard InChI is InChI=1S/C12H18BrNO2S/c1-14-12(7-8-17(2,15)16)9-10-3-5-11(13)6-4-10/h3-6,12,14H,7-9H2,1-2H3. The first-order valence-corrected chi connectivity index (χ1v) is 8.35. The highest BCUT2D eigenvalue weighted by Gasteiger charge is 2.11. The Morgan fingerprint density at radius 3 is 2.35 bits per heavy atom. The van der Waals surface area contributed by atoms with Crippen LogP contribution in [0.25, 0.3) is 0 Å². The number of rotatable bonds is 6. The maximum atomic E-state index is 11.1. The molecule has 1 aromatic rings. The van der Waals surface area contributed by atoms with Gasteiger partial charge in [0, 0.05) is 16.8 Å². The fourth-order valence-corrected chi connectivity index (χ4v) is 2.59. The van der Waals surface area contributed by atoms with E-state index in [0.717, 1.165) is 10.9 Å². The van der Waals surface area contributed by atoms with Crippen LogP contribution in [0.2, 0.25) is 0 Å². The molecule has 1 N–H and O–H groups in total. The summed E-state index contributed by atoms with van der Waals surface area (Å²) >= 11 is 3.39. The molecule has 0 aliphatic heterocycles. The monoisotopic (exact) mass is 319 g/mol. The minimum absolute atomic E-state index is 0.200. The predicted octanol–water partition coefficient (Wildman–Crippen LogP) is 2.01. The van der Waals surface area contributed by atoms with Crippen molar-refractivity contribution in [2.45, 2.75) is 18.9 Å². The van der Waals surface area contributed by atoms with Crippen molar-refractivity contribution in [3.8, 4) is 0 Å². The average Bonchev–Trinajstić information content (AvgIpc) is 2.25. The molecule has 0 spiro atoms. The van der Waals surface area contributed by atoms with E-state index in [-0.39, 0.29) is 11.8 Å². The molecule has 0 bridgehead atoms. The van der Waals surface area contributed by atoms with E-state index in [4.69, 9.17) is 0 Å². The van der Waals surface area contributed by atoms with E-state index in [1.807, 2.05) is 19.2 Å². The third-order valence-corrected chi connectivity index (χ3v) is 4.15. The SMILES string of the molecule is CNC(CCS(C)(=O)=O)Cc1ccc(Br)cc1. The maximum Gasteiger partial charge on any atom is 0.147 e. The van der Waals surface area contributed by atoms with Gasteiger partial charge in [-0.3, -0.25) is 0 Å². The van der Waals surface area contributed by atoms with E-state index in [1.165, 1.54) is 11.8 Å². The topological polar surface area (TPSA) is 46.2 Å². The zero-order valence-corrected chi connectivity index (χ0v) is 12.5. The fraction of sp³-hybridized carbons (Fsp3) is 0.500. The Morgan fingerprint density at radius 2 is 1.88 bits per heavy atom. The Labute approximate surface area is 112 Å². The summed E-state index contributed by atoms with van der Waals surface area (Å²) in [5.74, 6) is 0.231. The van der Waals surface area contributed by atoms with Gasteiger partial charge in [0.1, 0.15) is 9.84 Å². The van der Waals surface area contributed by atoms with E-state index in [2.05, 4.69) is 33.4 Å². The quantitative estimate of drug-likeness (QED) is 0.872. The van der Waals surface area contributed by atoms with Crippen LogP contribution in [-0.2, 0) is 16.3 Å². The van der Waals surface area contributed by atoms with Crippen molar-refractivity contribution < 1.29 is 8.42 Å². The number of sulfone groups is 1. The first-order chi connectivity index (χ1) is 7.90. The molecule has 0 aromatic heterocycles. The van der Waals surface area contributed by atoms with Gasteiger partial charge in [0.05, 0.1) is 5.75 Å². The number of benzene rings is 1. The highest BCUT2D eigenvalue weighted by atomic mass is 79.9. The summed E-state index contributed by atoms with van der Waals surface area (Å²) in [6.45, 7) is 0. The average molecular weight is 320 g/mol. The van der Waals surface area contributed by atoms with Crippen LogP contribution in [0.3, 0.4) is 0 Å². The summed E-state index contributed by atoms with van der Waals surface area (Å²) in [6.07, 6.45) is 2.77. The lowest BCUT2D eigenvalue weighted by molar-refractivity contribution is 0.534. The molecule has 1 aromatic carbocycles. The molecule has 5 heteroatoms. The van der Waals surface area contributed by atoms with E-state index in [9.17, 15) is 8.42 Å². The van der Waals surface area contributed by atoms with Gasteiger partial charge >= 0.3 is 0 Å². The Kier molecular flexibility index (Phi) is 5.62. The summed E-state index contributed by atoms with van der Waals surface area (Å²) in [4.78, 5) is 0. The van der Waals surface area contributed by atoms with Crippen molar-refractivity contribution in [1.29, 1.82) is 0 Å². The van der Waals surface area contributed by atoms with Crippen LogP contribution in [-0.4, -0.2) is 33.5 Å². The summed E-state index contributed by atoms with van der Waals surface area (Å²) < 4.78 is 23.3. The number of hydrogen-bond acceptors (Lipinski definition) is 3. The van der Waals surface area contributed by atoms with Gasteiger partial charge in [-0.2, -0.15) is 0 Å². The molecule has 0 heterocycles. The van der Waals surface area contributed by atoms with Crippen molar-refractivity contribution in [3.63, 3.8) is 0 Å². The molecule has 0 aliphatic carbocycles. The number of nitrogens with one attached hydrogen (secondary N) is 1. The van der Waals surface area contributed by atoms with Gasteiger partial charge in [-0.25, -0.2) is 8.42 Å². The van der Waals surface area contributed by atoms with Crippen LogP contribution in [0.5, 0.6) is 0 Å². The maximum absolute atomic E-state index is 11.1. The van der Waals surface area contributed by atoms with Gasteiger partial charge in [0.2, 0.25) is 0 Å². The minimum atomic E-state index is -2.88. The van der Waals surface area contributed by atoms with Crippen molar-refractivity contribution in [1.82, 2.24) is 5.32 Å². The molecule has 0 amide bonds. The van der Waals surface area contributed by atoms with Crippen molar-refractivity contribution in [2.75, 3.05) is 19.1 Å². The number of likely N-dealkylation sites (N-methyl/N-ethyl adjacent to an activating group) is 1. The normalized spacial score (nSPS) is 13.6. The smallest absolute Gasteiger partial charge is 0.147 e. The Hall–Kier alpha value is -0.390. The third-order valence-electron chi connectivity index (χ3n) is 2.64. The second-order valence-electron chi connectivity index (χ2n) is 4.23. The minimum Gasteiger partial charge on any atom is -0.317 e. The van der Waals surface area contributed by atoms with Crippen LogP contribution in [0.15, 0.2) is 28.7 Å². The summed E-state index contributed by atoms with van der Waals surface area (Å²) in [6, 6.07) is 8.30. The summed E-state index contributed by atoms with van der Waals surface area (Å²) in [5.41, 5.74) is 1.21. The predicted molar refractivity (Wildman–Crippen MR) is 75.0 cm³/mol. The van der Waals surface area contributed by atoms with Gasteiger partial charge in [-0.15, -0.1) is 0 Å². The summed E-state index contributed by atoms with van der Waals surface area (Å²) in [7, 11) is -1.01. The molecule has 0 radical (unpaired) electrons. The van der Waals surface area contributed by atoms with Crippen molar-refractivity contribution >= 4 is 25.8 Å². The zero-order chi connectivity index (χ0) is 12.9. The van der Waals surface area contributed by atoms with E-state index < -0.39 is 9.84 Å². The van der Waals surface area contributed by atoms with Crippen LogP contribution >= 0.6 is 15.9 Å².